The molecule has 2 aromatic carbocycles. The third-order valence-corrected chi connectivity index (χ3v) is 8.28. The molecule has 1 aliphatic rings. The normalized spacial score (nSPS) is 13.1. The Labute approximate surface area is 96.0 Å². The monoisotopic (exact) mass is 312 g/mol. The Morgan fingerprint density at radius 1 is 0.500 bits per heavy atom. The third kappa shape index (κ3) is 1.45. The SMILES string of the molecule is c1ccc2c(c1)[Se]c1ccccc1[Se]2. The van der Waals surface area contributed by atoms with Crippen LogP contribution in [0.25, 0.3) is 0 Å². The van der Waals surface area contributed by atoms with Crippen LogP contribution >= 0.6 is 0 Å². The van der Waals surface area contributed by atoms with Gasteiger partial charge in [-0.3, -0.25) is 0 Å². The zero-order valence-electron chi connectivity index (χ0n) is 7.44. The van der Waals surface area contributed by atoms with Crippen molar-refractivity contribution < 1.29 is 0 Å². The van der Waals surface area contributed by atoms with Crippen molar-refractivity contribution in [2.75, 3.05) is 0 Å². The fourth-order valence-corrected chi connectivity index (χ4v) is 6.93. The Kier molecular flexibility index (Phi) is 2.23. The van der Waals surface area contributed by atoms with E-state index in [-0.39, 0.29) is 0 Å². The molecule has 0 bridgehead atoms. The van der Waals surface area contributed by atoms with Crippen LogP contribution in [0.2, 0.25) is 0 Å². The van der Waals surface area contributed by atoms with Gasteiger partial charge in [0.25, 0.3) is 0 Å². The first-order valence-corrected chi connectivity index (χ1v) is 7.90. The van der Waals surface area contributed by atoms with Crippen LogP contribution in [0.5, 0.6) is 0 Å². The van der Waals surface area contributed by atoms with Crippen molar-refractivity contribution in [3.05, 3.63) is 48.5 Å². The van der Waals surface area contributed by atoms with E-state index < -0.39 is 0 Å². The first-order valence-electron chi connectivity index (χ1n) is 4.47. The summed E-state index contributed by atoms with van der Waals surface area (Å²) < 4.78 is 6.33. The maximum absolute atomic E-state index is 2.28. The summed E-state index contributed by atoms with van der Waals surface area (Å²) in [5.74, 6) is 0. The molecule has 0 atom stereocenters. The summed E-state index contributed by atoms with van der Waals surface area (Å²) in [5, 5.41) is 0. The van der Waals surface area contributed by atoms with Gasteiger partial charge in [-0.25, -0.2) is 0 Å². The topological polar surface area (TPSA) is 0 Å². The van der Waals surface area contributed by atoms with Crippen LogP contribution < -0.4 is 17.8 Å². The van der Waals surface area contributed by atoms with Gasteiger partial charge >= 0.3 is 96.3 Å². The predicted octanol–water partition coefficient (Wildman–Crippen LogP) is -0.690. The van der Waals surface area contributed by atoms with Gasteiger partial charge in [-0.15, -0.1) is 0 Å². The van der Waals surface area contributed by atoms with E-state index in [2.05, 4.69) is 48.5 Å². The van der Waals surface area contributed by atoms with Crippen LogP contribution in [0.1, 0.15) is 0 Å². The Morgan fingerprint density at radius 3 is 1.07 bits per heavy atom. The fraction of sp³-hybridized carbons (Fsp3) is 0. The van der Waals surface area contributed by atoms with Gasteiger partial charge in [-0.05, 0) is 0 Å². The molecule has 0 spiro atoms. The van der Waals surface area contributed by atoms with E-state index in [1.54, 1.807) is 17.8 Å². The van der Waals surface area contributed by atoms with Gasteiger partial charge in [-0.2, -0.15) is 0 Å². The van der Waals surface area contributed by atoms with E-state index in [0.29, 0.717) is 29.9 Å². The van der Waals surface area contributed by atoms with Crippen molar-refractivity contribution in [2.24, 2.45) is 0 Å². The van der Waals surface area contributed by atoms with Gasteiger partial charge in [-0.1, -0.05) is 0 Å². The minimum absolute atomic E-state index is 0.535. The molecule has 0 saturated carbocycles. The van der Waals surface area contributed by atoms with Crippen molar-refractivity contribution in [3.63, 3.8) is 0 Å². The number of benzene rings is 2. The zero-order chi connectivity index (χ0) is 9.38. The number of hydrogen-bond donors (Lipinski definition) is 0. The Bertz CT molecular complexity index is 390. The van der Waals surface area contributed by atoms with Crippen LogP contribution in [-0.2, 0) is 0 Å². The van der Waals surface area contributed by atoms with Gasteiger partial charge in [0.15, 0.2) is 0 Å². The first-order chi connectivity index (χ1) is 6.93. The summed E-state index contributed by atoms with van der Waals surface area (Å²) in [6.45, 7) is 0. The Balaban J connectivity index is 2.12. The summed E-state index contributed by atoms with van der Waals surface area (Å²) >= 11 is 1.07. The number of rotatable bonds is 0. The molecule has 3 rings (SSSR count). The van der Waals surface area contributed by atoms with Crippen molar-refractivity contribution in [3.8, 4) is 0 Å². The minimum atomic E-state index is 0.535. The van der Waals surface area contributed by atoms with Crippen LogP contribution in [0.4, 0.5) is 0 Å². The van der Waals surface area contributed by atoms with E-state index in [1.165, 1.54) is 0 Å². The quantitative estimate of drug-likeness (QED) is 0.482. The van der Waals surface area contributed by atoms with Crippen LogP contribution in [-0.4, -0.2) is 29.9 Å². The predicted molar refractivity (Wildman–Crippen MR) is 62.9 cm³/mol. The van der Waals surface area contributed by atoms with E-state index in [0.717, 1.165) is 0 Å². The average Bonchev–Trinajstić information content (AvgIpc) is 2.26. The standard InChI is InChI=1S/C12H8Se2/c1-2-6-10-9(5-1)13-11-7-3-4-8-12(11)14-10/h1-8H. The van der Waals surface area contributed by atoms with Crippen LogP contribution in [0.15, 0.2) is 48.5 Å². The molecule has 0 N–H and O–H groups in total. The maximum atomic E-state index is 2.28. The fourth-order valence-electron chi connectivity index (χ4n) is 1.47. The molecule has 68 valence electrons. The molecule has 0 radical (unpaired) electrons. The summed E-state index contributed by atoms with van der Waals surface area (Å²) in [6, 6.07) is 17.8. The summed E-state index contributed by atoms with van der Waals surface area (Å²) in [5.41, 5.74) is 0. The average molecular weight is 310 g/mol. The van der Waals surface area contributed by atoms with Gasteiger partial charge in [0.05, 0.1) is 0 Å². The molecule has 0 fully saturated rings. The molecule has 14 heavy (non-hydrogen) atoms. The second kappa shape index (κ2) is 3.56. The molecular formula is C12H8Se2. The molecular weight excluding hydrogens is 302 g/mol. The van der Waals surface area contributed by atoms with Crippen LogP contribution in [0, 0.1) is 0 Å². The molecule has 0 saturated heterocycles. The second-order valence-corrected chi connectivity index (χ2v) is 7.65. The van der Waals surface area contributed by atoms with Crippen molar-refractivity contribution in [1.29, 1.82) is 0 Å². The summed E-state index contributed by atoms with van der Waals surface area (Å²) in [6.07, 6.45) is 0. The Hall–Kier alpha value is -0.521. The number of fused-ring (bicyclic) bond motifs is 2. The van der Waals surface area contributed by atoms with Crippen LogP contribution in [0.3, 0.4) is 0 Å². The summed E-state index contributed by atoms with van der Waals surface area (Å²) in [7, 11) is 0. The van der Waals surface area contributed by atoms with Crippen molar-refractivity contribution in [2.45, 2.75) is 0 Å². The molecule has 0 amide bonds. The summed E-state index contributed by atoms with van der Waals surface area (Å²) in [4.78, 5) is 0. The third-order valence-electron chi connectivity index (χ3n) is 2.14. The van der Waals surface area contributed by atoms with Gasteiger partial charge < -0.3 is 0 Å². The van der Waals surface area contributed by atoms with Gasteiger partial charge in [0.1, 0.15) is 0 Å². The molecule has 1 heterocycles. The molecule has 0 unspecified atom stereocenters. The second-order valence-electron chi connectivity index (χ2n) is 3.10. The van der Waals surface area contributed by atoms with E-state index >= 15 is 0 Å². The molecule has 0 aromatic heterocycles. The van der Waals surface area contributed by atoms with Crippen molar-refractivity contribution in [1.82, 2.24) is 0 Å². The van der Waals surface area contributed by atoms with Crippen molar-refractivity contribution >= 4 is 47.8 Å². The molecule has 1 aliphatic heterocycles. The molecule has 2 aromatic rings. The number of hydrogen-bond acceptors (Lipinski definition) is 0. The Morgan fingerprint density at radius 2 is 0.786 bits per heavy atom. The van der Waals surface area contributed by atoms with Gasteiger partial charge in [0, 0.05) is 0 Å². The van der Waals surface area contributed by atoms with E-state index in [9.17, 15) is 0 Å². The van der Waals surface area contributed by atoms with E-state index in [4.69, 9.17) is 0 Å². The van der Waals surface area contributed by atoms with E-state index in [1.807, 2.05) is 0 Å². The zero-order valence-corrected chi connectivity index (χ0v) is 10.9. The molecule has 2 heteroatoms. The van der Waals surface area contributed by atoms with Gasteiger partial charge in [0.2, 0.25) is 0 Å². The first kappa shape index (κ1) is 8.76. The molecule has 0 nitrogen and oxygen atoms in total. The molecule has 0 aliphatic carbocycles.